The smallest absolute Gasteiger partial charge is 0.420 e. The van der Waals surface area contributed by atoms with Gasteiger partial charge in [-0.15, -0.1) is 0 Å². The van der Waals surface area contributed by atoms with E-state index in [2.05, 4.69) is 0 Å². The summed E-state index contributed by atoms with van der Waals surface area (Å²) in [6, 6.07) is 0. The number of amides is 2. The maximum atomic E-state index is 12.2. The first-order valence-electron chi connectivity index (χ1n) is 6.57. The molecule has 0 saturated heterocycles. The van der Waals surface area contributed by atoms with E-state index in [9.17, 15) is 14.7 Å². The summed E-state index contributed by atoms with van der Waals surface area (Å²) in [6.45, 7) is 12.9. The van der Waals surface area contributed by atoms with Crippen LogP contribution in [0.1, 0.15) is 55.4 Å². The zero-order valence-corrected chi connectivity index (χ0v) is 13.7. The summed E-state index contributed by atoms with van der Waals surface area (Å²) in [5, 5.41) is 9.40. The second-order valence-electron chi connectivity index (χ2n) is 7.27. The van der Waals surface area contributed by atoms with E-state index in [0.717, 1.165) is 4.90 Å². The Bertz CT molecular complexity index is 335. The molecule has 0 aliphatic carbocycles. The van der Waals surface area contributed by atoms with Crippen molar-refractivity contribution in [1.29, 1.82) is 0 Å². The van der Waals surface area contributed by atoms with Gasteiger partial charge in [-0.2, -0.15) is 0 Å². The van der Waals surface area contributed by atoms with Crippen LogP contribution < -0.4 is 0 Å². The Balaban J connectivity index is 5.31. The van der Waals surface area contributed by atoms with Gasteiger partial charge >= 0.3 is 12.2 Å². The summed E-state index contributed by atoms with van der Waals surface area (Å²) >= 11 is 0. The van der Waals surface area contributed by atoms with Crippen molar-refractivity contribution in [2.45, 2.75) is 72.1 Å². The molecule has 0 fully saturated rings. The van der Waals surface area contributed by atoms with Gasteiger partial charge in [0.25, 0.3) is 0 Å². The second-order valence-corrected chi connectivity index (χ2v) is 7.27. The van der Waals surface area contributed by atoms with Gasteiger partial charge in [0, 0.05) is 0 Å². The number of imide groups is 1. The number of ether oxygens (including phenoxy) is 2. The molecule has 0 bridgehead atoms. The fourth-order valence-electron chi connectivity index (χ4n) is 1.25. The van der Waals surface area contributed by atoms with E-state index < -0.39 is 35.5 Å². The molecule has 0 saturated carbocycles. The fraction of sp³-hybridized carbons (Fsp3) is 0.857. The molecule has 0 spiro atoms. The molecule has 0 unspecified atom stereocenters. The number of carbonyl (C=O) groups is 2. The zero-order valence-electron chi connectivity index (χ0n) is 13.7. The van der Waals surface area contributed by atoms with Gasteiger partial charge in [0.1, 0.15) is 11.2 Å². The van der Waals surface area contributed by atoms with E-state index in [1.54, 1.807) is 55.4 Å². The molecule has 1 N–H and O–H groups in total. The van der Waals surface area contributed by atoms with Crippen molar-refractivity contribution in [3.8, 4) is 0 Å². The van der Waals surface area contributed by atoms with Gasteiger partial charge in [-0.1, -0.05) is 0 Å². The van der Waals surface area contributed by atoms with Crippen LogP contribution in [0.2, 0.25) is 0 Å². The lowest BCUT2D eigenvalue weighted by molar-refractivity contribution is -0.0278. The first-order chi connectivity index (χ1) is 8.69. The molecule has 0 aliphatic heterocycles. The summed E-state index contributed by atoms with van der Waals surface area (Å²) < 4.78 is 10.4. The number of hydrogen-bond acceptors (Lipinski definition) is 5. The van der Waals surface area contributed by atoms with Crippen molar-refractivity contribution in [3.63, 3.8) is 0 Å². The Morgan fingerprint density at radius 1 is 0.850 bits per heavy atom. The van der Waals surface area contributed by atoms with Crippen LogP contribution in [-0.2, 0) is 9.47 Å². The zero-order chi connectivity index (χ0) is 16.4. The highest BCUT2D eigenvalue weighted by molar-refractivity contribution is 5.89. The van der Waals surface area contributed by atoms with Gasteiger partial charge in [0.15, 0.2) is 0 Å². The van der Waals surface area contributed by atoms with Crippen LogP contribution in [0.25, 0.3) is 0 Å². The lowest BCUT2D eigenvalue weighted by atomic mass is 10.1. The summed E-state index contributed by atoms with van der Waals surface area (Å²) in [6.07, 6.45) is -1.68. The minimum Gasteiger partial charge on any atom is -0.443 e. The quantitative estimate of drug-likeness (QED) is 0.845. The molecule has 6 heteroatoms. The number of aliphatic hydroxyl groups excluding tert-OH is 1. The highest BCUT2D eigenvalue weighted by atomic mass is 16.6. The third-order valence-corrected chi connectivity index (χ3v) is 2.14. The van der Waals surface area contributed by atoms with Crippen LogP contribution in [0.15, 0.2) is 0 Å². The third-order valence-electron chi connectivity index (χ3n) is 2.14. The Labute approximate surface area is 121 Å². The first-order valence-corrected chi connectivity index (χ1v) is 6.57. The number of nitrogens with zero attached hydrogens (tertiary/aromatic N) is 1. The predicted molar refractivity (Wildman–Crippen MR) is 75.5 cm³/mol. The number of rotatable bonds is 2. The lowest BCUT2D eigenvalue weighted by Crippen LogP contribution is -2.55. The monoisotopic (exact) mass is 289 g/mol. The highest BCUT2D eigenvalue weighted by Gasteiger charge is 2.41. The average molecular weight is 289 g/mol. The fourth-order valence-corrected chi connectivity index (χ4v) is 1.25. The van der Waals surface area contributed by atoms with Gasteiger partial charge in [-0.05, 0) is 55.4 Å². The van der Waals surface area contributed by atoms with Crippen molar-refractivity contribution in [2.24, 2.45) is 0 Å². The van der Waals surface area contributed by atoms with Gasteiger partial charge in [0.05, 0.1) is 12.1 Å². The van der Waals surface area contributed by atoms with E-state index in [1.807, 2.05) is 0 Å². The molecule has 6 nitrogen and oxygen atoms in total. The Hall–Kier alpha value is -1.30. The molecule has 0 heterocycles. The molecule has 0 aliphatic rings. The molecule has 0 aromatic carbocycles. The van der Waals surface area contributed by atoms with Crippen LogP contribution in [0.3, 0.4) is 0 Å². The van der Waals surface area contributed by atoms with Crippen molar-refractivity contribution in [1.82, 2.24) is 4.90 Å². The summed E-state index contributed by atoms with van der Waals surface area (Å²) in [4.78, 5) is 25.2. The molecule has 0 aromatic rings. The number of hydrogen-bond donors (Lipinski definition) is 1. The van der Waals surface area contributed by atoms with E-state index in [4.69, 9.17) is 9.47 Å². The summed E-state index contributed by atoms with van der Waals surface area (Å²) in [5.41, 5.74) is -2.61. The summed E-state index contributed by atoms with van der Waals surface area (Å²) in [7, 11) is 0. The van der Waals surface area contributed by atoms with Crippen LogP contribution in [0.4, 0.5) is 9.59 Å². The van der Waals surface area contributed by atoms with Crippen molar-refractivity contribution >= 4 is 12.2 Å². The molecule has 20 heavy (non-hydrogen) atoms. The Morgan fingerprint density at radius 2 is 1.15 bits per heavy atom. The SMILES string of the molecule is CC(C)(C)OC(=O)N(C(=O)OC(C)(C)C)C(C)(C)CO. The van der Waals surface area contributed by atoms with E-state index in [0.29, 0.717) is 0 Å². The molecule has 0 rings (SSSR count). The Morgan fingerprint density at radius 3 is 1.35 bits per heavy atom. The van der Waals surface area contributed by atoms with Gasteiger partial charge in [-0.25, -0.2) is 14.5 Å². The summed E-state index contributed by atoms with van der Waals surface area (Å²) in [5.74, 6) is 0. The maximum absolute atomic E-state index is 12.2. The van der Waals surface area contributed by atoms with Gasteiger partial charge in [-0.3, -0.25) is 0 Å². The van der Waals surface area contributed by atoms with Crippen molar-refractivity contribution in [2.75, 3.05) is 6.61 Å². The maximum Gasteiger partial charge on any atom is 0.420 e. The number of carbonyl (C=O) groups excluding carboxylic acids is 2. The van der Waals surface area contributed by atoms with Crippen LogP contribution in [0, 0.1) is 0 Å². The second kappa shape index (κ2) is 5.99. The van der Waals surface area contributed by atoms with E-state index >= 15 is 0 Å². The predicted octanol–water partition coefficient (Wildman–Crippen LogP) is 2.93. The van der Waals surface area contributed by atoms with Crippen molar-refractivity contribution < 1.29 is 24.2 Å². The number of aliphatic hydroxyl groups is 1. The van der Waals surface area contributed by atoms with E-state index in [1.165, 1.54) is 0 Å². The normalized spacial score (nSPS) is 12.8. The molecule has 0 aromatic heterocycles. The topological polar surface area (TPSA) is 76.1 Å². The first kappa shape index (κ1) is 18.7. The van der Waals surface area contributed by atoms with Gasteiger partial charge < -0.3 is 14.6 Å². The third kappa shape index (κ3) is 6.23. The largest absolute Gasteiger partial charge is 0.443 e. The minimum atomic E-state index is -1.12. The highest BCUT2D eigenvalue weighted by Crippen LogP contribution is 2.22. The van der Waals surface area contributed by atoms with Crippen molar-refractivity contribution in [3.05, 3.63) is 0 Å². The van der Waals surface area contributed by atoms with Gasteiger partial charge in [0.2, 0.25) is 0 Å². The molecular formula is C14H27NO5. The molecular weight excluding hydrogens is 262 g/mol. The standard InChI is InChI=1S/C14H27NO5/c1-12(2,3)19-10(17)15(14(7,8)9-16)11(18)20-13(4,5)6/h16H,9H2,1-8H3. The van der Waals surface area contributed by atoms with Crippen LogP contribution in [-0.4, -0.2) is 45.5 Å². The average Bonchev–Trinajstić information content (AvgIpc) is 2.10. The molecule has 2 amide bonds. The molecule has 0 radical (unpaired) electrons. The lowest BCUT2D eigenvalue weighted by Gasteiger charge is -2.37. The minimum absolute atomic E-state index is 0.397. The van der Waals surface area contributed by atoms with Crippen LogP contribution >= 0.6 is 0 Å². The molecule has 118 valence electrons. The Kier molecular flexibility index (Phi) is 5.60. The molecule has 0 atom stereocenters. The van der Waals surface area contributed by atoms with E-state index in [-0.39, 0.29) is 0 Å². The van der Waals surface area contributed by atoms with Crippen LogP contribution in [0.5, 0.6) is 0 Å².